The van der Waals surface area contributed by atoms with Crippen LogP contribution in [0.5, 0.6) is 0 Å². The van der Waals surface area contributed by atoms with Gasteiger partial charge in [-0.05, 0) is 55.3 Å². The van der Waals surface area contributed by atoms with Crippen LogP contribution in [-0.4, -0.2) is 10.9 Å². The largest absolute Gasteiger partial charge is 0.354 e. The Kier molecular flexibility index (Phi) is 4.75. The first-order chi connectivity index (χ1) is 12.0. The summed E-state index contributed by atoms with van der Waals surface area (Å²) in [5.41, 5.74) is 4.41. The zero-order valence-corrected chi connectivity index (χ0v) is 14.0. The number of anilines is 3. The molecule has 1 amide bonds. The van der Waals surface area contributed by atoms with E-state index in [0.29, 0.717) is 17.1 Å². The van der Waals surface area contributed by atoms with E-state index in [2.05, 4.69) is 15.6 Å². The van der Waals surface area contributed by atoms with Gasteiger partial charge in [-0.1, -0.05) is 24.3 Å². The molecule has 1 heterocycles. The Bertz CT molecular complexity index is 887. The lowest BCUT2D eigenvalue weighted by Crippen LogP contribution is -2.15. The minimum atomic E-state index is -0.317. The van der Waals surface area contributed by atoms with Gasteiger partial charge < -0.3 is 10.6 Å². The van der Waals surface area contributed by atoms with Crippen molar-refractivity contribution in [2.24, 2.45) is 0 Å². The number of halogens is 1. The van der Waals surface area contributed by atoms with Crippen molar-refractivity contribution in [3.8, 4) is 0 Å². The van der Waals surface area contributed by atoms with Gasteiger partial charge in [-0.15, -0.1) is 0 Å². The van der Waals surface area contributed by atoms with Gasteiger partial charge in [0, 0.05) is 11.4 Å². The Morgan fingerprint density at radius 1 is 0.960 bits per heavy atom. The van der Waals surface area contributed by atoms with Crippen molar-refractivity contribution >= 4 is 23.0 Å². The van der Waals surface area contributed by atoms with Gasteiger partial charge in [-0.25, -0.2) is 9.37 Å². The van der Waals surface area contributed by atoms with E-state index < -0.39 is 0 Å². The van der Waals surface area contributed by atoms with Crippen LogP contribution in [0.25, 0.3) is 0 Å². The van der Waals surface area contributed by atoms with Gasteiger partial charge in [0.2, 0.25) is 0 Å². The Balaban J connectivity index is 1.72. The zero-order chi connectivity index (χ0) is 17.8. The van der Waals surface area contributed by atoms with Crippen LogP contribution in [0.4, 0.5) is 21.5 Å². The topological polar surface area (TPSA) is 54.0 Å². The molecule has 0 radical (unpaired) electrons. The quantitative estimate of drug-likeness (QED) is 0.718. The minimum Gasteiger partial charge on any atom is -0.354 e. The second kappa shape index (κ2) is 7.13. The molecule has 5 heteroatoms. The molecule has 126 valence electrons. The molecule has 2 aromatic carbocycles. The molecule has 3 aromatic rings. The number of pyridine rings is 1. The second-order valence-corrected chi connectivity index (χ2v) is 5.79. The minimum absolute atomic E-state index is 0.269. The van der Waals surface area contributed by atoms with E-state index in [-0.39, 0.29) is 11.7 Å². The Labute approximate surface area is 145 Å². The van der Waals surface area contributed by atoms with Crippen molar-refractivity contribution in [3.05, 3.63) is 83.4 Å². The molecule has 1 aromatic heterocycles. The maximum Gasteiger partial charge on any atom is 0.274 e. The molecule has 0 saturated heterocycles. The van der Waals surface area contributed by atoms with Crippen LogP contribution in [0.15, 0.2) is 60.8 Å². The van der Waals surface area contributed by atoms with E-state index in [0.717, 1.165) is 16.8 Å². The van der Waals surface area contributed by atoms with Crippen LogP contribution in [0.1, 0.15) is 21.6 Å². The fourth-order valence-corrected chi connectivity index (χ4v) is 2.52. The van der Waals surface area contributed by atoms with E-state index in [1.807, 2.05) is 32.0 Å². The summed E-state index contributed by atoms with van der Waals surface area (Å²) in [5.74, 6) is -0.586. The molecule has 0 bridgehead atoms. The lowest BCUT2D eigenvalue weighted by atomic mass is 10.1. The zero-order valence-electron chi connectivity index (χ0n) is 14.0. The molecule has 0 spiro atoms. The first-order valence-electron chi connectivity index (χ1n) is 7.89. The molecule has 0 aliphatic heterocycles. The fourth-order valence-electron chi connectivity index (χ4n) is 2.52. The maximum absolute atomic E-state index is 13.2. The van der Waals surface area contributed by atoms with Crippen LogP contribution in [0.3, 0.4) is 0 Å². The van der Waals surface area contributed by atoms with Crippen molar-refractivity contribution in [3.63, 3.8) is 0 Å². The average Bonchev–Trinajstić information content (AvgIpc) is 2.59. The number of aryl methyl sites for hydroxylation is 2. The standard InChI is InChI=1S/C20H18FN3O/c1-13-5-3-6-14(2)19(13)24-20(25)18-10-9-17(12-22-18)23-16-8-4-7-15(21)11-16/h3-12,23H,1-2H3,(H,24,25). The average molecular weight is 335 g/mol. The summed E-state index contributed by atoms with van der Waals surface area (Å²) in [5, 5.41) is 5.94. The normalized spacial score (nSPS) is 10.4. The molecule has 0 saturated carbocycles. The van der Waals surface area contributed by atoms with Gasteiger partial charge in [-0.3, -0.25) is 4.79 Å². The third-order valence-corrected chi connectivity index (χ3v) is 3.83. The molecule has 4 nitrogen and oxygen atoms in total. The molecule has 0 aliphatic carbocycles. The monoisotopic (exact) mass is 335 g/mol. The Hall–Kier alpha value is -3.21. The first kappa shape index (κ1) is 16.6. The van der Waals surface area contributed by atoms with E-state index in [1.54, 1.807) is 30.5 Å². The van der Waals surface area contributed by atoms with Crippen LogP contribution >= 0.6 is 0 Å². The predicted octanol–water partition coefficient (Wildman–Crippen LogP) is 4.83. The molecule has 3 rings (SSSR count). The van der Waals surface area contributed by atoms with E-state index >= 15 is 0 Å². The summed E-state index contributed by atoms with van der Waals surface area (Å²) in [7, 11) is 0. The van der Waals surface area contributed by atoms with E-state index in [1.165, 1.54) is 12.1 Å². The Morgan fingerprint density at radius 2 is 1.68 bits per heavy atom. The highest BCUT2D eigenvalue weighted by Gasteiger charge is 2.11. The van der Waals surface area contributed by atoms with Crippen LogP contribution < -0.4 is 10.6 Å². The summed E-state index contributed by atoms with van der Waals surface area (Å²) >= 11 is 0. The van der Waals surface area contributed by atoms with E-state index in [9.17, 15) is 9.18 Å². The molecule has 25 heavy (non-hydrogen) atoms. The molecule has 0 aliphatic rings. The van der Waals surface area contributed by atoms with Crippen molar-refractivity contribution in [2.45, 2.75) is 13.8 Å². The van der Waals surface area contributed by atoms with Gasteiger partial charge in [0.15, 0.2) is 0 Å². The third-order valence-electron chi connectivity index (χ3n) is 3.83. The number of carbonyl (C=O) groups excluding carboxylic acids is 1. The van der Waals surface area contributed by atoms with E-state index in [4.69, 9.17) is 0 Å². The van der Waals surface area contributed by atoms with Crippen molar-refractivity contribution in [1.29, 1.82) is 0 Å². The third kappa shape index (κ3) is 4.01. The summed E-state index contributed by atoms with van der Waals surface area (Å²) in [6.07, 6.45) is 1.55. The molecule has 0 atom stereocenters. The summed E-state index contributed by atoms with van der Waals surface area (Å²) in [6, 6.07) is 15.4. The summed E-state index contributed by atoms with van der Waals surface area (Å²) in [6.45, 7) is 3.89. The number of amides is 1. The lowest BCUT2D eigenvalue weighted by Gasteiger charge is -2.11. The number of para-hydroxylation sites is 1. The number of rotatable bonds is 4. The van der Waals surface area contributed by atoms with Gasteiger partial charge >= 0.3 is 0 Å². The molecular weight excluding hydrogens is 317 g/mol. The maximum atomic E-state index is 13.2. The van der Waals surface area contributed by atoms with Gasteiger partial charge in [0.25, 0.3) is 5.91 Å². The van der Waals surface area contributed by atoms with Crippen molar-refractivity contribution in [2.75, 3.05) is 10.6 Å². The SMILES string of the molecule is Cc1cccc(C)c1NC(=O)c1ccc(Nc2cccc(F)c2)cn1. The summed E-state index contributed by atoms with van der Waals surface area (Å²) in [4.78, 5) is 16.6. The predicted molar refractivity (Wildman–Crippen MR) is 97.8 cm³/mol. The smallest absolute Gasteiger partial charge is 0.274 e. The molecule has 0 fully saturated rings. The number of aromatic nitrogens is 1. The highest BCUT2D eigenvalue weighted by molar-refractivity contribution is 6.03. The Morgan fingerprint density at radius 3 is 2.32 bits per heavy atom. The first-order valence-corrected chi connectivity index (χ1v) is 7.89. The van der Waals surface area contributed by atoms with Crippen LogP contribution in [0.2, 0.25) is 0 Å². The highest BCUT2D eigenvalue weighted by Crippen LogP contribution is 2.21. The summed E-state index contributed by atoms with van der Waals surface area (Å²) < 4.78 is 13.2. The number of nitrogens with zero attached hydrogens (tertiary/aromatic N) is 1. The number of carbonyl (C=O) groups is 1. The van der Waals surface area contributed by atoms with Gasteiger partial charge in [0.1, 0.15) is 11.5 Å². The van der Waals surface area contributed by atoms with Crippen molar-refractivity contribution in [1.82, 2.24) is 4.98 Å². The molecular formula is C20H18FN3O. The fraction of sp³-hybridized carbons (Fsp3) is 0.100. The van der Waals surface area contributed by atoms with Crippen LogP contribution in [0, 0.1) is 19.7 Å². The number of nitrogens with one attached hydrogen (secondary N) is 2. The second-order valence-electron chi connectivity index (χ2n) is 5.79. The molecule has 2 N–H and O–H groups in total. The molecule has 0 unspecified atom stereocenters. The van der Waals surface area contributed by atoms with Crippen LogP contribution in [-0.2, 0) is 0 Å². The number of hydrogen-bond acceptors (Lipinski definition) is 3. The van der Waals surface area contributed by atoms with Gasteiger partial charge in [-0.2, -0.15) is 0 Å². The number of hydrogen-bond donors (Lipinski definition) is 2. The van der Waals surface area contributed by atoms with Gasteiger partial charge in [0.05, 0.1) is 11.9 Å². The number of benzene rings is 2. The highest BCUT2D eigenvalue weighted by atomic mass is 19.1. The lowest BCUT2D eigenvalue weighted by molar-refractivity contribution is 0.102. The van der Waals surface area contributed by atoms with Crippen molar-refractivity contribution < 1.29 is 9.18 Å².